The van der Waals surface area contributed by atoms with Crippen LogP contribution in [0.3, 0.4) is 0 Å². The van der Waals surface area contributed by atoms with Gasteiger partial charge in [-0.25, -0.2) is 0 Å². The average Bonchev–Trinajstić information content (AvgIpc) is 2.72. The highest BCUT2D eigenvalue weighted by Gasteiger charge is 2.39. The molecule has 0 bridgehead atoms. The monoisotopic (exact) mass is 264 g/mol. The summed E-state index contributed by atoms with van der Waals surface area (Å²) >= 11 is 0. The lowest BCUT2D eigenvalue weighted by molar-refractivity contribution is -0.145. The van der Waals surface area contributed by atoms with Gasteiger partial charge in [-0.3, -0.25) is 9.59 Å². The minimum Gasteiger partial charge on any atom is -0.481 e. The van der Waals surface area contributed by atoms with E-state index in [1.54, 1.807) is 0 Å². The van der Waals surface area contributed by atoms with Crippen molar-refractivity contribution in [2.24, 2.45) is 23.7 Å². The van der Waals surface area contributed by atoms with E-state index in [0.29, 0.717) is 18.3 Å². The van der Waals surface area contributed by atoms with E-state index in [9.17, 15) is 9.59 Å². The molecule has 0 aliphatic heterocycles. The van der Waals surface area contributed by atoms with Gasteiger partial charge in [0.05, 0.1) is 0 Å². The van der Waals surface area contributed by atoms with Crippen molar-refractivity contribution in [3.63, 3.8) is 0 Å². The van der Waals surface area contributed by atoms with E-state index in [1.165, 1.54) is 18.4 Å². The molecule has 2 rings (SSSR count). The molecule has 3 heteroatoms. The first kappa shape index (κ1) is 14.3. The van der Waals surface area contributed by atoms with Crippen LogP contribution < -0.4 is 0 Å². The third kappa shape index (κ3) is 3.26. The zero-order valence-corrected chi connectivity index (χ0v) is 11.9. The molecule has 0 saturated heterocycles. The summed E-state index contributed by atoms with van der Waals surface area (Å²) in [5.41, 5.74) is 1.48. The molecule has 106 valence electrons. The van der Waals surface area contributed by atoms with Crippen LogP contribution in [-0.4, -0.2) is 16.9 Å². The third-order valence-electron chi connectivity index (χ3n) is 4.99. The molecule has 1 saturated carbocycles. The predicted octanol–water partition coefficient (Wildman–Crippen LogP) is 3.44. The second-order valence-electron chi connectivity index (χ2n) is 6.37. The Kier molecular flexibility index (Phi) is 4.43. The molecule has 4 atom stereocenters. The molecular formula is C16H24O3. The summed E-state index contributed by atoms with van der Waals surface area (Å²) in [6, 6.07) is 0. The Morgan fingerprint density at radius 2 is 2.16 bits per heavy atom. The number of hydrogen-bond donors (Lipinski definition) is 1. The number of carbonyl (C=O) groups excluding carboxylic acids is 1. The van der Waals surface area contributed by atoms with Gasteiger partial charge < -0.3 is 5.11 Å². The van der Waals surface area contributed by atoms with Gasteiger partial charge in [-0.2, -0.15) is 0 Å². The van der Waals surface area contributed by atoms with Crippen LogP contribution in [0.1, 0.15) is 52.4 Å². The van der Waals surface area contributed by atoms with E-state index < -0.39 is 11.9 Å². The summed E-state index contributed by atoms with van der Waals surface area (Å²) < 4.78 is 0. The number of hydrogen-bond acceptors (Lipinski definition) is 2. The molecule has 2 aliphatic rings. The molecule has 1 N–H and O–H groups in total. The van der Waals surface area contributed by atoms with E-state index in [0.717, 1.165) is 19.3 Å². The molecule has 0 heterocycles. The van der Waals surface area contributed by atoms with Crippen LogP contribution in [0.15, 0.2) is 11.6 Å². The van der Waals surface area contributed by atoms with Gasteiger partial charge in [0, 0.05) is 5.92 Å². The quantitative estimate of drug-likeness (QED) is 0.625. The Morgan fingerprint density at radius 1 is 1.42 bits per heavy atom. The number of Topliss-reactive ketones (excluding diaryl/α,β-unsaturated/α-hetero) is 1. The largest absolute Gasteiger partial charge is 0.481 e. The molecular weight excluding hydrogens is 240 g/mol. The maximum atomic E-state index is 12.0. The zero-order valence-electron chi connectivity index (χ0n) is 11.9. The van der Waals surface area contributed by atoms with Gasteiger partial charge in [0.1, 0.15) is 11.7 Å². The normalized spacial score (nSPS) is 33.1. The molecule has 2 aliphatic carbocycles. The van der Waals surface area contributed by atoms with Crippen LogP contribution in [-0.2, 0) is 9.59 Å². The number of carbonyl (C=O) groups is 2. The van der Waals surface area contributed by atoms with Gasteiger partial charge in [0.25, 0.3) is 0 Å². The first-order valence-electron chi connectivity index (χ1n) is 7.41. The van der Waals surface area contributed by atoms with Crippen molar-refractivity contribution in [3.8, 4) is 0 Å². The molecule has 0 radical (unpaired) electrons. The number of allylic oxidation sites excluding steroid dienone is 2. The third-order valence-corrected chi connectivity index (χ3v) is 4.99. The molecule has 3 nitrogen and oxygen atoms in total. The number of carboxylic acid groups (broad SMARTS) is 1. The van der Waals surface area contributed by atoms with Gasteiger partial charge in [0.15, 0.2) is 0 Å². The Balaban J connectivity index is 1.88. The lowest BCUT2D eigenvalue weighted by Gasteiger charge is -2.28. The Hall–Kier alpha value is -1.12. The molecule has 4 unspecified atom stereocenters. The second kappa shape index (κ2) is 5.89. The van der Waals surface area contributed by atoms with Crippen LogP contribution in [0.4, 0.5) is 0 Å². The first-order valence-corrected chi connectivity index (χ1v) is 7.41. The van der Waals surface area contributed by atoms with E-state index in [1.807, 2.05) is 0 Å². The fourth-order valence-electron chi connectivity index (χ4n) is 3.56. The minimum atomic E-state index is -0.934. The summed E-state index contributed by atoms with van der Waals surface area (Å²) in [6.45, 7) is 4.40. The highest BCUT2D eigenvalue weighted by atomic mass is 16.4. The fraction of sp³-hybridized carbons (Fsp3) is 0.750. The summed E-state index contributed by atoms with van der Waals surface area (Å²) in [7, 11) is 0. The Labute approximate surface area is 115 Å². The summed E-state index contributed by atoms with van der Waals surface area (Å²) in [5, 5.41) is 8.98. The molecule has 0 aromatic carbocycles. The molecule has 0 spiro atoms. The number of ketones is 1. The minimum absolute atomic E-state index is 0.0110. The van der Waals surface area contributed by atoms with E-state index in [-0.39, 0.29) is 11.7 Å². The molecule has 0 amide bonds. The lowest BCUT2D eigenvalue weighted by atomic mass is 9.77. The van der Waals surface area contributed by atoms with Crippen LogP contribution in [0.2, 0.25) is 0 Å². The van der Waals surface area contributed by atoms with Gasteiger partial charge in [0.2, 0.25) is 0 Å². The Morgan fingerprint density at radius 3 is 2.68 bits per heavy atom. The second-order valence-corrected chi connectivity index (χ2v) is 6.37. The van der Waals surface area contributed by atoms with Gasteiger partial charge in [-0.05, 0) is 57.3 Å². The molecule has 1 fully saturated rings. The Bertz CT molecular complexity index is 397. The van der Waals surface area contributed by atoms with Gasteiger partial charge in [-0.15, -0.1) is 0 Å². The number of aliphatic carboxylic acids is 1. The van der Waals surface area contributed by atoms with Crippen LogP contribution >= 0.6 is 0 Å². The van der Waals surface area contributed by atoms with Crippen LogP contribution in [0.5, 0.6) is 0 Å². The van der Waals surface area contributed by atoms with Crippen molar-refractivity contribution in [1.82, 2.24) is 0 Å². The lowest BCUT2D eigenvalue weighted by Crippen LogP contribution is -2.24. The molecule has 0 aromatic heterocycles. The van der Waals surface area contributed by atoms with Crippen molar-refractivity contribution >= 4 is 11.8 Å². The maximum Gasteiger partial charge on any atom is 0.314 e. The predicted molar refractivity (Wildman–Crippen MR) is 73.7 cm³/mol. The zero-order chi connectivity index (χ0) is 14.0. The van der Waals surface area contributed by atoms with Crippen molar-refractivity contribution in [2.45, 2.75) is 52.4 Å². The summed E-state index contributed by atoms with van der Waals surface area (Å²) in [5.74, 6) is -0.515. The van der Waals surface area contributed by atoms with Crippen LogP contribution in [0, 0.1) is 23.7 Å². The summed E-state index contributed by atoms with van der Waals surface area (Å²) in [6.07, 6.45) is 8.01. The smallest absolute Gasteiger partial charge is 0.314 e. The SMILES string of the molecule is CC1=CCC(C(C)CC2CCC(C(=O)O)C2=O)CC1. The maximum absolute atomic E-state index is 12.0. The van der Waals surface area contributed by atoms with Crippen molar-refractivity contribution in [3.05, 3.63) is 11.6 Å². The molecule has 0 aromatic rings. The standard InChI is InChI=1S/C16H24O3/c1-10-3-5-12(6-4-10)11(2)9-13-7-8-14(15(13)17)16(18)19/h3,11-14H,4-9H2,1-2H3,(H,18,19). The summed E-state index contributed by atoms with van der Waals surface area (Å²) in [4.78, 5) is 23.0. The van der Waals surface area contributed by atoms with Crippen LogP contribution in [0.25, 0.3) is 0 Å². The van der Waals surface area contributed by atoms with Crippen molar-refractivity contribution in [2.75, 3.05) is 0 Å². The van der Waals surface area contributed by atoms with E-state index in [4.69, 9.17) is 5.11 Å². The van der Waals surface area contributed by atoms with E-state index in [2.05, 4.69) is 19.9 Å². The first-order chi connectivity index (χ1) is 8.99. The highest BCUT2D eigenvalue weighted by Crippen LogP contribution is 2.37. The number of rotatable bonds is 4. The molecule has 19 heavy (non-hydrogen) atoms. The average molecular weight is 264 g/mol. The number of carboxylic acids is 1. The topological polar surface area (TPSA) is 54.4 Å². The van der Waals surface area contributed by atoms with E-state index >= 15 is 0 Å². The highest BCUT2D eigenvalue weighted by molar-refractivity contribution is 6.00. The van der Waals surface area contributed by atoms with Crippen molar-refractivity contribution in [1.29, 1.82) is 0 Å². The fourth-order valence-corrected chi connectivity index (χ4v) is 3.56. The van der Waals surface area contributed by atoms with Crippen molar-refractivity contribution < 1.29 is 14.7 Å². The van der Waals surface area contributed by atoms with Gasteiger partial charge in [-0.1, -0.05) is 18.6 Å². The van der Waals surface area contributed by atoms with Gasteiger partial charge >= 0.3 is 5.97 Å².